The third kappa shape index (κ3) is 6.50. The number of carbonyl (C=O) groups is 1. The van der Waals surface area contributed by atoms with Crippen molar-refractivity contribution >= 4 is 41.5 Å². The summed E-state index contributed by atoms with van der Waals surface area (Å²) >= 11 is 0. The molecule has 1 unspecified atom stereocenters. The number of fused-ring (bicyclic) bond motifs is 1. The summed E-state index contributed by atoms with van der Waals surface area (Å²) < 4.78 is 5.54. The molecule has 4 rings (SSSR count). The Morgan fingerprint density at radius 1 is 1.19 bits per heavy atom. The number of amides is 1. The van der Waals surface area contributed by atoms with E-state index < -0.39 is 0 Å². The van der Waals surface area contributed by atoms with Gasteiger partial charge in [0.15, 0.2) is 12.6 Å². The van der Waals surface area contributed by atoms with E-state index in [1.165, 1.54) is 45.3 Å². The fraction of sp³-hybridized carbons (Fsp3) is 0.667. The molecular formula is C24H38IN5O2. The largest absolute Gasteiger partial charge is 0.482 e. The van der Waals surface area contributed by atoms with E-state index in [0.717, 1.165) is 49.4 Å². The molecular weight excluding hydrogens is 517 g/mol. The van der Waals surface area contributed by atoms with Crippen molar-refractivity contribution in [2.45, 2.75) is 39.0 Å². The van der Waals surface area contributed by atoms with Crippen LogP contribution in [-0.2, 0) is 4.79 Å². The second-order valence-electron chi connectivity index (χ2n) is 8.85. The zero-order valence-corrected chi connectivity index (χ0v) is 21.6. The van der Waals surface area contributed by atoms with Crippen LogP contribution in [0.5, 0.6) is 5.75 Å². The quantitative estimate of drug-likeness (QED) is 0.243. The lowest BCUT2D eigenvalue weighted by Crippen LogP contribution is -2.41. The van der Waals surface area contributed by atoms with Gasteiger partial charge >= 0.3 is 0 Å². The number of piperidine rings is 1. The lowest BCUT2D eigenvalue weighted by atomic mass is 10.1. The minimum absolute atomic E-state index is 0. The molecule has 32 heavy (non-hydrogen) atoms. The lowest BCUT2D eigenvalue weighted by molar-refractivity contribution is -0.121. The van der Waals surface area contributed by atoms with E-state index in [9.17, 15) is 4.79 Å². The number of nitrogens with one attached hydrogen (secondary N) is 1. The van der Waals surface area contributed by atoms with E-state index >= 15 is 0 Å². The number of rotatable bonds is 7. The van der Waals surface area contributed by atoms with E-state index in [-0.39, 0.29) is 36.5 Å². The van der Waals surface area contributed by atoms with Gasteiger partial charge in [0.1, 0.15) is 5.75 Å². The maximum atomic E-state index is 12.3. The van der Waals surface area contributed by atoms with Crippen LogP contribution in [0.2, 0.25) is 0 Å². The molecule has 1 aromatic carbocycles. The van der Waals surface area contributed by atoms with Crippen molar-refractivity contribution in [2.75, 3.05) is 63.9 Å². The van der Waals surface area contributed by atoms with E-state index in [1.807, 2.05) is 29.2 Å². The van der Waals surface area contributed by atoms with Crippen LogP contribution >= 0.6 is 24.0 Å². The third-order valence-electron chi connectivity index (χ3n) is 6.50. The predicted octanol–water partition coefficient (Wildman–Crippen LogP) is 3.19. The summed E-state index contributed by atoms with van der Waals surface area (Å²) in [5, 5.41) is 3.47. The predicted molar refractivity (Wildman–Crippen MR) is 140 cm³/mol. The number of hydrogen-bond acceptors (Lipinski definition) is 4. The maximum absolute atomic E-state index is 12.3. The minimum Gasteiger partial charge on any atom is -0.482 e. The van der Waals surface area contributed by atoms with Gasteiger partial charge in [-0.15, -0.1) is 24.0 Å². The third-order valence-corrected chi connectivity index (χ3v) is 6.50. The van der Waals surface area contributed by atoms with Gasteiger partial charge in [0.2, 0.25) is 0 Å². The Hall–Kier alpha value is -1.55. The van der Waals surface area contributed by atoms with Crippen LogP contribution in [-0.4, -0.2) is 80.6 Å². The number of likely N-dealkylation sites (tertiary alicyclic amines) is 2. The number of halogens is 1. The molecule has 3 heterocycles. The minimum atomic E-state index is 0. The van der Waals surface area contributed by atoms with Crippen molar-refractivity contribution in [3.8, 4) is 5.75 Å². The Bertz CT molecular complexity index is 769. The molecule has 1 atom stereocenters. The molecule has 7 nitrogen and oxygen atoms in total. The van der Waals surface area contributed by atoms with Crippen LogP contribution < -0.4 is 15.0 Å². The summed E-state index contributed by atoms with van der Waals surface area (Å²) in [6.07, 6.45) is 6.19. The number of carbonyl (C=O) groups excluding carboxylic acids is 1. The highest BCUT2D eigenvalue weighted by molar-refractivity contribution is 14.0. The van der Waals surface area contributed by atoms with Crippen molar-refractivity contribution in [1.82, 2.24) is 15.1 Å². The van der Waals surface area contributed by atoms with E-state index in [0.29, 0.717) is 13.1 Å². The average molecular weight is 556 g/mol. The van der Waals surface area contributed by atoms with Gasteiger partial charge in [-0.1, -0.05) is 18.6 Å². The van der Waals surface area contributed by atoms with E-state index in [4.69, 9.17) is 9.73 Å². The first kappa shape index (κ1) is 25.1. The van der Waals surface area contributed by atoms with Gasteiger partial charge in [0.05, 0.1) is 5.69 Å². The van der Waals surface area contributed by atoms with Crippen LogP contribution in [0.15, 0.2) is 29.3 Å². The van der Waals surface area contributed by atoms with Crippen LogP contribution in [0.1, 0.15) is 39.0 Å². The Morgan fingerprint density at radius 3 is 2.81 bits per heavy atom. The molecule has 1 aromatic rings. The second kappa shape index (κ2) is 12.6. The van der Waals surface area contributed by atoms with Gasteiger partial charge < -0.3 is 24.8 Å². The molecule has 3 aliphatic rings. The van der Waals surface area contributed by atoms with Crippen molar-refractivity contribution in [1.29, 1.82) is 0 Å². The molecule has 0 aliphatic carbocycles. The number of guanidine groups is 1. The summed E-state index contributed by atoms with van der Waals surface area (Å²) in [6, 6.07) is 7.76. The van der Waals surface area contributed by atoms with E-state index in [2.05, 4.69) is 22.0 Å². The standard InChI is InChI=1S/C24H37N5O2.HI/c1-2-25-24(28-16-11-20(18-28)17-27-13-6-3-7-14-27)26-12-8-15-29-21-9-4-5-10-22(21)31-19-23(29)30;/h4-5,9-10,20H,2-3,6-8,11-19H2,1H3,(H,25,26);1H. The fourth-order valence-electron chi connectivity index (χ4n) is 4.92. The molecule has 0 bridgehead atoms. The first-order chi connectivity index (χ1) is 15.2. The molecule has 0 saturated carbocycles. The van der Waals surface area contributed by atoms with Crippen LogP contribution in [0, 0.1) is 5.92 Å². The number of benzene rings is 1. The summed E-state index contributed by atoms with van der Waals surface area (Å²) in [7, 11) is 0. The fourth-order valence-corrected chi connectivity index (χ4v) is 4.92. The van der Waals surface area contributed by atoms with Crippen molar-refractivity contribution in [3.05, 3.63) is 24.3 Å². The zero-order valence-electron chi connectivity index (χ0n) is 19.3. The molecule has 0 aromatic heterocycles. The highest BCUT2D eigenvalue weighted by Gasteiger charge is 2.27. The molecule has 178 valence electrons. The van der Waals surface area contributed by atoms with Crippen molar-refractivity contribution in [3.63, 3.8) is 0 Å². The van der Waals surface area contributed by atoms with Crippen LogP contribution in [0.4, 0.5) is 5.69 Å². The molecule has 3 aliphatic heterocycles. The molecule has 2 saturated heterocycles. The van der Waals surface area contributed by atoms with Gasteiger partial charge in [0.25, 0.3) is 5.91 Å². The molecule has 1 amide bonds. The Labute approximate surface area is 209 Å². The Morgan fingerprint density at radius 2 is 2.00 bits per heavy atom. The van der Waals surface area contributed by atoms with Crippen LogP contribution in [0.25, 0.3) is 0 Å². The van der Waals surface area contributed by atoms with E-state index in [1.54, 1.807) is 0 Å². The summed E-state index contributed by atoms with van der Waals surface area (Å²) in [5.41, 5.74) is 0.870. The number of hydrogen-bond donors (Lipinski definition) is 1. The van der Waals surface area contributed by atoms with Crippen molar-refractivity contribution < 1.29 is 9.53 Å². The van der Waals surface area contributed by atoms with Gasteiger partial charge in [-0.05, 0) is 63.7 Å². The van der Waals surface area contributed by atoms with Gasteiger partial charge in [-0.2, -0.15) is 0 Å². The number of ether oxygens (including phenoxy) is 1. The van der Waals surface area contributed by atoms with Crippen LogP contribution in [0.3, 0.4) is 0 Å². The molecule has 0 radical (unpaired) electrons. The maximum Gasteiger partial charge on any atom is 0.265 e. The molecule has 8 heteroatoms. The van der Waals surface area contributed by atoms with Gasteiger partial charge in [-0.3, -0.25) is 9.79 Å². The highest BCUT2D eigenvalue weighted by atomic mass is 127. The zero-order chi connectivity index (χ0) is 21.5. The molecule has 0 spiro atoms. The lowest BCUT2D eigenvalue weighted by Gasteiger charge is -2.29. The smallest absolute Gasteiger partial charge is 0.265 e. The summed E-state index contributed by atoms with van der Waals surface area (Å²) in [5.74, 6) is 2.58. The molecule has 1 N–H and O–H groups in total. The van der Waals surface area contributed by atoms with Gasteiger partial charge in [0, 0.05) is 39.3 Å². The molecule has 2 fully saturated rings. The number of para-hydroxylation sites is 2. The van der Waals surface area contributed by atoms with Crippen molar-refractivity contribution in [2.24, 2.45) is 10.9 Å². The number of nitrogens with zero attached hydrogens (tertiary/aromatic N) is 4. The second-order valence-corrected chi connectivity index (χ2v) is 8.85. The average Bonchev–Trinajstić information content (AvgIpc) is 3.26. The highest BCUT2D eigenvalue weighted by Crippen LogP contribution is 2.31. The number of aliphatic imine (C=N–C) groups is 1. The SMILES string of the molecule is CCNC(=NCCCN1C(=O)COc2ccccc21)N1CCC(CN2CCCCC2)C1.I. The Kier molecular flexibility index (Phi) is 9.90. The first-order valence-electron chi connectivity index (χ1n) is 12.0. The van der Waals surface area contributed by atoms with Gasteiger partial charge in [-0.25, -0.2) is 0 Å². The first-order valence-corrected chi connectivity index (χ1v) is 12.0. The monoisotopic (exact) mass is 555 g/mol. The summed E-state index contributed by atoms with van der Waals surface area (Å²) in [6.45, 7) is 10.5. The topological polar surface area (TPSA) is 60.4 Å². The summed E-state index contributed by atoms with van der Waals surface area (Å²) in [4.78, 5) is 24.1. The number of anilines is 1. The normalized spacial score (nSPS) is 21.7. The Balaban J connectivity index is 0.00000289.